The lowest BCUT2D eigenvalue weighted by Gasteiger charge is -2.07. The van der Waals surface area contributed by atoms with E-state index in [0.29, 0.717) is 15.8 Å². The maximum atomic E-state index is 10.2. The van der Waals surface area contributed by atoms with Gasteiger partial charge in [0.15, 0.2) is 0 Å². The van der Waals surface area contributed by atoms with Crippen molar-refractivity contribution in [2.75, 3.05) is 13.2 Å². The molecule has 2 N–H and O–H groups in total. The average Bonchev–Trinajstić information content (AvgIpc) is 2.14. The monoisotopic (exact) mass is 249 g/mol. The molecule has 0 heterocycles. The second-order valence-electron chi connectivity index (χ2n) is 2.59. The maximum Gasteiger partial charge on any atom is 0.404 e. The lowest BCUT2D eigenvalue weighted by Crippen LogP contribution is -2.17. The highest BCUT2D eigenvalue weighted by Crippen LogP contribution is 2.27. The molecule has 0 aromatic heterocycles. The van der Waals surface area contributed by atoms with Crippen molar-refractivity contribution in [1.29, 1.82) is 0 Å². The molecule has 4 nitrogen and oxygen atoms in total. The molecule has 1 amide bonds. The second-order valence-corrected chi connectivity index (χ2v) is 3.43. The first kappa shape index (κ1) is 11.9. The summed E-state index contributed by atoms with van der Waals surface area (Å²) in [6.07, 6.45) is -0.833. The molecule has 0 saturated carbocycles. The van der Waals surface area contributed by atoms with E-state index in [-0.39, 0.29) is 13.2 Å². The number of halogens is 2. The minimum atomic E-state index is -0.833. The largest absolute Gasteiger partial charge is 0.488 e. The Morgan fingerprint density at radius 1 is 1.33 bits per heavy atom. The molecule has 0 spiro atoms. The van der Waals surface area contributed by atoms with E-state index < -0.39 is 6.09 Å². The second kappa shape index (κ2) is 5.68. The van der Waals surface area contributed by atoms with Crippen LogP contribution in [-0.2, 0) is 4.74 Å². The Kier molecular flexibility index (Phi) is 4.52. The van der Waals surface area contributed by atoms with Gasteiger partial charge < -0.3 is 15.2 Å². The van der Waals surface area contributed by atoms with Crippen LogP contribution in [0.2, 0.25) is 10.0 Å². The van der Waals surface area contributed by atoms with Crippen LogP contribution in [0.3, 0.4) is 0 Å². The van der Waals surface area contributed by atoms with Crippen LogP contribution in [0.4, 0.5) is 4.79 Å². The van der Waals surface area contributed by atoms with Crippen molar-refractivity contribution in [1.82, 2.24) is 0 Å². The highest BCUT2D eigenvalue weighted by atomic mass is 35.5. The van der Waals surface area contributed by atoms with Crippen molar-refractivity contribution in [2.24, 2.45) is 5.73 Å². The number of primary amides is 1. The molecule has 0 unspecified atom stereocenters. The van der Waals surface area contributed by atoms with Gasteiger partial charge in [0.1, 0.15) is 19.0 Å². The maximum absolute atomic E-state index is 10.2. The SMILES string of the molecule is NC(=O)OCCOc1ccc(Cl)cc1Cl. The molecule has 1 aromatic carbocycles. The summed E-state index contributed by atoms with van der Waals surface area (Å²) in [6.45, 7) is 0.262. The van der Waals surface area contributed by atoms with E-state index in [2.05, 4.69) is 4.74 Å². The fourth-order valence-corrected chi connectivity index (χ4v) is 1.35. The number of nitrogens with two attached hydrogens (primary N) is 1. The summed E-state index contributed by atoms with van der Waals surface area (Å²) in [5.41, 5.74) is 4.76. The van der Waals surface area contributed by atoms with Crippen LogP contribution in [0.5, 0.6) is 5.75 Å². The van der Waals surface area contributed by atoms with Gasteiger partial charge in [-0.1, -0.05) is 23.2 Å². The molecule has 0 aliphatic rings. The van der Waals surface area contributed by atoms with Crippen molar-refractivity contribution in [2.45, 2.75) is 0 Å². The lowest BCUT2D eigenvalue weighted by atomic mass is 10.3. The Morgan fingerprint density at radius 3 is 2.67 bits per heavy atom. The number of hydrogen-bond donors (Lipinski definition) is 1. The summed E-state index contributed by atoms with van der Waals surface area (Å²) in [5.74, 6) is 0.481. The molecule has 82 valence electrons. The normalized spacial score (nSPS) is 9.73. The van der Waals surface area contributed by atoms with E-state index in [4.69, 9.17) is 33.7 Å². The van der Waals surface area contributed by atoms with Crippen LogP contribution in [-0.4, -0.2) is 19.3 Å². The fraction of sp³-hybridized carbons (Fsp3) is 0.222. The van der Waals surface area contributed by atoms with Crippen molar-refractivity contribution in [3.05, 3.63) is 28.2 Å². The number of carbonyl (C=O) groups excluding carboxylic acids is 1. The minimum absolute atomic E-state index is 0.0777. The number of hydrogen-bond acceptors (Lipinski definition) is 3. The summed E-state index contributed by atoms with van der Waals surface area (Å²) >= 11 is 11.5. The first-order valence-corrected chi connectivity index (χ1v) is 4.85. The topological polar surface area (TPSA) is 61.6 Å². The summed E-state index contributed by atoms with van der Waals surface area (Å²) in [4.78, 5) is 10.2. The molecule has 1 aromatic rings. The van der Waals surface area contributed by atoms with Crippen LogP contribution < -0.4 is 10.5 Å². The minimum Gasteiger partial charge on any atom is -0.488 e. The summed E-state index contributed by atoms with van der Waals surface area (Å²) in [6, 6.07) is 4.85. The highest BCUT2D eigenvalue weighted by molar-refractivity contribution is 6.35. The number of carbonyl (C=O) groups is 1. The molecule has 0 aliphatic carbocycles. The molecule has 1 rings (SSSR count). The molecule has 0 atom stereocenters. The Morgan fingerprint density at radius 2 is 2.07 bits per heavy atom. The van der Waals surface area contributed by atoms with Crippen LogP contribution in [0.15, 0.2) is 18.2 Å². The number of benzene rings is 1. The van der Waals surface area contributed by atoms with E-state index in [1.807, 2.05) is 0 Å². The van der Waals surface area contributed by atoms with Crippen LogP contribution in [0, 0.1) is 0 Å². The zero-order chi connectivity index (χ0) is 11.3. The van der Waals surface area contributed by atoms with Gasteiger partial charge in [-0.3, -0.25) is 0 Å². The molecule has 0 aliphatic heterocycles. The standard InChI is InChI=1S/C9H9Cl2NO3/c10-6-1-2-8(7(11)5-6)14-3-4-15-9(12)13/h1-2,5H,3-4H2,(H2,12,13). The fourth-order valence-electron chi connectivity index (χ4n) is 0.886. The molecule has 15 heavy (non-hydrogen) atoms. The molecule has 0 fully saturated rings. The first-order valence-electron chi connectivity index (χ1n) is 4.09. The zero-order valence-corrected chi connectivity index (χ0v) is 9.22. The third-order valence-electron chi connectivity index (χ3n) is 1.48. The van der Waals surface area contributed by atoms with Crippen molar-refractivity contribution in [3.63, 3.8) is 0 Å². The van der Waals surface area contributed by atoms with Crippen LogP contribution in [0.25, 0.3) is 0 Å². The number of amides is 1. The van der Waals surface area contributed by atoms with E-state index in [9.17, 15) is 4.79 Å². The van der Waals surface area contributed by atoms with E-state index in [1.165, 1.54) is 0 Å². The van der Waals surface area contributed by atoms with Crippen molar-refractivity contribution >= 4 is 29.3 Å². The molecule has 0 saturated heterocycles. The van der Waals surface area contributed by atoms with Gasteiger partial charge in [0.05, 0.1) is 5.02 Å². The molecule has 0 bridgehead atoms. The highest BCUT2D eigenvalue weighted by Gasteiger charge is 2.02. The number of ether oxygens (including phenoxy) is 2. The van der Waals surface area contributed by atoms with E-state index >= 15 is 0 Å². The van der Waals surface area contributed by atoms with Crippen molar-refractivity contribution < 1.29 is 14.3 Å². The molecule has 0 radical (unpaired) electrons. The van der Waals surface area contributed by atoms with Gasteiger partial charge in [0, 0.05) is 5.02 Å². The summed E-state index contributed by atoms with van der Waals surface area (Å²) in [5, 5.41) is 0.933. The molecule has 6 heteroatoms. The Hall–Kier alpha value is -1.13. The van der Waals surface area contributed by atoms with Gasteiger partial charge in [-0.2, -0.15) is 0 Å². The lowest BCUT2D eigenvalue weighted by molar-refractivity contribution is 0.134. The van der Waals surface area contributed by atoms with Crippen molar-refractivity contribution in [3.8, 4) is 5.75 Å². The Balaban J connectivity index is 2.40. The van der Waals surface area contributed by atoms with E-state index in [0.717, 1.165) is 0 Å². The average molecular weight is 250 g/mol. The Labute approximate surface area is 96.9 Å². The van der Waals surface area contributed by atoms with Gasteiger partial charge in [-0.15, -0.1) is 0 Å². The molecular weight excluding hydrogens is 241 g/mol. The van der Waals surface area contributed by atoms with Gasteiger partial charge >= 0.3 is 6.09 Å². The predicted octanol–water partition coefficient (Wildman–Crippen LogP) is 2.47. The Bertz CT molecular complexity index is 357. The first-order chi connectivity index (χ1) is 7.09. The van der Waals surface area contributed by atoms with E-state index in [1.54, 1.807) is 18.2 Å². The van der Waals surface area contributed by atoms with Crippen LogP contribution >= 0.6 is 23.2 Å². The third-order valence-corrected chi connectivity index (χ3v) is 2.01. The van der Waals surface area contributed by atoms with Gasteiger partial charge in [0.2, 0.25) is 0 Å². The van der Waals surface area contributed by atoms with Gasteiger partial charge in [0.25, 0.3) is 0 Å². The van der Waals surface area contributed by atoms with Crippen LogP contribution in [0.1, 0.15) is 0 Å². The molecular formula is C9H9Cl2NO3. The summed E-state index contributed by atoms with van der Waals surface area (Å²) in [7, 11) is 0. The quantitative estimate of drug-likeness (QED) is 0.835. The smallest absolute Gasteiger partial charge is 0.404 e. The predicted molar refractivity (Wildman–Crippen MR) is 57.5 cm³/mol. The third kappa shape index (κ3) is 4.27. The van der Waals surface area contributed by atoms with Gasteiger partial charge in [-0.25, -0.2) is 4.79 Å². The summed E-state index contributed by atoms with van der Waals surface area (Å²) < 4.78 is 9.69. The van der Waals surface area contributed by atoms with Gasteiger partial charge in [-0.05, 0) is 18.2 Å². The number of rotatable bonds is 4. The zero-order valence-electron chi connectivity index (χ0n) is 7.70.